The highest BCUT2D eigenvalue weighted by atomic mass is 32.2. The van der Waals surface area contributed by atoms with Gasteiger partial charge in [-0.25, -0.2) is 0 Å². The van der Waals surface area contributed by atoms with Gasteiger partial charge >= 0.3 is 0 Å². The molecule has 1 aliphatic rings. The average Bonchev–Trinajstić information content (AvgIpc) is 2.89. The highest BCUT2D eigenvalue weighted by molar-refractivity contribution is 7.90. The summed E-state index contributed by atoms with van der Waals surface area (Å²) in [5.74, 6) is 1.61. The van der Waals surface area contributed by atoms with Crippen LogP contribution in [0.25, 0.3) is 0 Å². The van der Waals surface area contributed by atoms with Gasteiger partial charge in [-0.3, -0.25) is 0 Å². The zero-order chi connectivity index (χ0) is 15.6. The topological polar surface area (TPSA) is 44.8 Å². The first-order valence-electron chi connectivity index (χ1n) is 7.36. The molecule has 0 N–H and O–H groups in total. The Bertz CT molecular complexity index is 487. The van der Waals surface area contributed by atoms with Gasteiger partial charge < -0.3 is 14.0 Å². The van der Waals surface area contributed by atoms with E-state index in [0.717, 1.165) is 24.3 Å². The molecule has 2 rings (SSSR count). The summed E-state index contributed by atoms with van der Waals surface area (Å²) < 4.78 is 25.0. The van der Waals surface area contributed by atoms with Gasteiger partial charge in [0.1, 0.15) is 4.75 Å². The van der Waals surface area contributed by atoms with Crippen molar-refractivity contribution in [3.05, 3.63) is 23.8 Å². The molecular formula is C16H25NO3S. The lowest BCUT2D eigenvalue weighted by Gasteiger charge is -2.34. The van der Waals surface area contributed by atoms with Crippen molar-refractivity contribution >= 4 is 11.4 Å². The van der Waals surface area contributed by atoms with E-state index in [1.165, 1.54) is 5.56 Å². The van der Waals surface area contributed by atoms with E-state index in [9.17, 15) is 4.55 Å². The Morgan fingerprint density at radius 2 is 1.95 bits per heavy atom. The molecule has 0 saturated heterocycles. The summed E-state index contributed by atoms with van der Waals surface area (Å²) in [6, 6.07) is 6.28. The van der Waals surface area contributed by atoms with Crippen LogP contribution in [0.5, 0.6) is 11.5 Å². The minimum atomic E-state index is -1.01. The van der Waals surface area contributed by atoms with Crippen molar-refractivity contribution in [2.75, 3.05) is 13.8 Å². The lowest BCUT2D eigenvalue weighted by molar-refractivity contribution is 0.174. The molecule has 0 saturated carbocycles. The number of fused-ring (bicyclic) bond motifs is 1. The summed E-state index contributed by atoms with van der Waals surface area (Å²) in [7, 11) is 1.95. The predicted molar refractivity (Wildman–Crippen MR) is 86.0 cm³/mol. The first-order chi connectivity index (χ1) is 9.82. The van der Waals surface area contributed by atoms with Gasteiger partial charge in [0.05, 0.1) is 6.04 Å². The monoisotopic (exact) mass is 311 g/mol. The molecule has 0 radical (unpaired) electrons. The molecule has 1 aliphatic heterocycles. The van der Waals surface area contributed by atoms with Gasteiger partial charge in [-0.05, 0) is 51.3 Å². The third kappa shape index (κ3) is 3.84. The summed E-state index contributed by atoms with van der Waals surface area (Å²) in [6.45, 7) is 8.45. The van der Waals surface area contributed by atoms with Crippen LogP contribution >= 0.6 is 0 Å². The van der Waals surface area contributed by atoms with Gasteiger partial charge in [-0.1, -0.05) is 13.0 Å². The number of nitrogens with zero attached hydrogens (tertiary/aromatic N) is 1. The molecule has 1 aromatic rings. The van der Waals surface area contributed by atoms with Crippen molar-refractivity contribution in [1.82, 2.24) is 4.31 Å². The first kappa shape index (κ1) is 16.5. The van der Waals surface area contributed by atoms with Crippen LogP contribution < -0.4 is 9.47 Å². The fourth-order valence-electron chi connectivity index (χ4n) is 2.44. The molecular weight excluding hydrogens is 286 g/mol. The standard InChI is InChI=1S/C16H25NO3S/c1-6-13(17(5)21(18)16(2,3)4)9-12-7-8-14-15(10-12)20-11-19-14/h7-8,10,13H,6,9,11H2,1-5H3/t13-,21?/m1/s1. The molecule has 0 aliphatic carbocycles. The summed E-state index contributed by atoms with van der Waals surface area (Å²) in [5.41, 5.74) is 1.18. The van der Waals surface area contributed by atoms with Crippen LogP contribution in [0.2, 0.25) is 0 Å². The molecule has 21 heavy (non-hydrogen) atoms. The van der Waals surface area contributed by atoms with E-state index >= 15 is 0 Å². The van der Waals surface area contributed by atoms with E-state index in [1.54, 1.807) is 0 Å². The SMILES string of the molecule is CC[C@H](Cc1ccc2c(c1)OCO2)N(C)[S+]([O-])C(C)(C)C. The zero-order valence-corrected chi connectivity index (χ0v) is 14.3. The lowest BCUT2D eigenvalue weighted by Crippen LogP contribution is -2.46. The Balaban J connectivity index is 2.08. The van der Waals surface area contributed by atoms with Gasteiger partial charge in [-0.15, -0.1) is 4.31 Å². The summed E-state index contributed by atoms with van der Waals surface area (Å²) in [5, 5.41) is 0. The first-order valence-corrected chi connectivity index (χ1v) is 8.47. The van der Waals surface area contributed by atoms with Crippen molar-refractivity contribution in [3.63, 3.8) is 0 Å². The maximum atomic E-state index is 12.5. The van der Waals surface area contributed by atoms with E-state index in [-0.39, 0.29) is 10.8 Å². The Morgan fingerprint density at radius 3 is 2.57 bits per heavy atom. The number of ether oxygens (including phenoxy) is 2. The van der Waals surface area contributed by atoms with Crippen molar-refractivity contribution in [1.29, 1.82) is 0 Å². The van der Waals surface area contributed by atoms with E-state index in [2.05, 4.69) is 13.0 Å². The van der Waals surface area contributed by atoms with Gasteiger partial charge in [-0.2, -0.15) is 0 Å². The number of hydrogen-bond acceptors (Lipinski definition) is 4. The molecule has 4 nitrogen and oxygen atoms in total. The Morgan fingerprint density at radius 1 is 1.29 bits per heavy atom. The van der Waals surface area contributed by atoms with Crippen molar-refractivity contribution < 1.29 is 14.0 Å². The van der Waals surface area contributed by atoms with E-state index in [1.807, 2.05) is 44.3 Å². The van der Waals surface area contributed by atoms with Gasteiger partial charge in [0.2, 0.25) is 6.79 Å². The third-order valence-electron chi connectivity index (χ3n) is 3.68. The lowest BCUT2D eigenvalue weighted by atomic mass is 10.0. The van der Waals surface area contributed by atoms with Crippen LogP contribution in [0.4, 0.5) is 0 Å². The quantitative estimate of drug-likeness (QED) is 0.784. The van der Waals surface area contributed by atoms with Crippen LogP contribution in [-0.4, -0.2) is 33.5 Å². The average molecular weight is 311 g/mol. The minimum absolute atomic E-state index is 0.239. The molecule has 1 heterocycles. The molecule has 2 atom stereocenters. The second-order valence-electron chi connectivity index (χ2n) is 6.36. The normalized spacial score (nSPS) is 17.1. The minimum Gasteiger partial charge on any atom is -0.598 e. The van der Waals surface area contributed by atoms with Crippen LogP contribution in [0.3, 0.4) is 0 Å². The summed E-state index contributed by atoms with van der Waals surface area (Å²) in [6.07, 6.45) is 1.80. The summed E-state index contributed by atoms with van der Waals surface area (Å²) in [4.78, 5) is 0. The highest BCUT2D eigenvalue weighted by Crippen LogP contribution is 2.33. The molecule has 0 spiro atoms. The van der Waals surface area contributed by atoms with Crippen LogP contribution in [0, 0.1) is 0 Å². The maximum absolute atomic E-state index is 12.5. The fraction of sp³-hybridized carbons (Fsp3) is 0.625. The molecule has 1 aromatic carbocycles. The molecule has 0 amide bonds. The molecule has 5 heteroatoms. The number of benzene rings is 1. The number of rotatable bonds is 5. The van der Waals surface area contributed by atoms with Crippen LogP contribution in [0.15, 0.2) is 18.2 Å². The van der Waals surface area contributed by atoms with Crippen LogP contribution in [0.1, 0.15) is 39.7 Å². The number of likely N-dealkylation sites (N-methyl/N-ethyl adjacent to an activating group) is 1. The van der Waals surface area contributed by atoms with Gasteiger partial charge in [0, 0.05) is 18.4 Å². The zero-order valence-electron chi connectivity index (χ0n) is 13.5. The summed E-state index contributed by atoms with van der Waals surface area (Å²) >= 11 is -1.01. The largest absolute Gasteiger partial charge is 0.598 e. The van der Waals surface area contributed by atoms with Crippen molar-refractivity contribution in [2.24, 2.45) is 0 Å². The smallest absolute Gasteiger partial charge is 0.231 e. The molecule has 0 bridgehead atoms. The fourth-order valence-corrected chi connectivity index (χ4v) is 3.80. The van der Waals surface area contributed by atoms with E-state index in [0.29, 0.717) is 6.79 Å². The highest BCUT2D eigenvalue weighted by Gasteiger charge is 2.34. The van der Waals surface area contributed by atoms with Crippen molar-refractivity contribution in [2.45, 2.75) is 51.3 Å². The molecule has 1 unspecified atom stereocenters. The third-order valence-corrected chi connectivity index (χ3v) is 5.55. The molecule has 118 valence electrons. The van der Waals surface area contributed by atoms with Gasteiger partial charge in [0.15, 0.2) is 11.5 Å². The van der Waals surface area contributed by atoms with Gasteiger partial charge in [0.25, 0.3) is 0 Å². The molecule has 0 fully saturated rings. The van der Waals surface area contributed by atoms with Crippen molar-refractivity contribution in [3.8, 4) is 11.5 Å². The van der Waals surface area contributed by atoms with E-state index < -0.39 is 11.4 Å². The molecule has 0 aromatic heterocycles. The number of hydrogen-bond donors (Lipinski definition) is 0. The Labute approximate surface area is 130 Å². The second kappa shape index (κ2) is 6.46. The Hall–Kier alpha value is -0.910. The van der Waals surface area contributed by atoms with Crippen LogP contribution in [-0.2, 0) is 17.8 Å². The maximum Gasteiger partial charge on any atom is 0.231 e. The van der Waals surface area contributed by atoms with E-state index in [4.69, 9.17) is 9.47 Å². The Kier molecular flexibility index (Phi) is 5.07. The second-order valence-corrected chi connectivity index (χ2v) is 8.66. The predicted octanol–water partition coefficient (Wildman–Crippen LogP) is 3.13.